The van der Waals surface area contributed by atoms with Gasteiger partial charge in [0.15, 0.2) is 0 Å². The molecule has 148 valence electrons. The van der Waals surface area contributed by atoms with Crippen molar-refractivity contribution in [1.29, 1.82) is 0 Å². The highest BCUT2D eigenvalue weighted by molar-refractivity contribution is 7.99. The van der Waals surface area contributed by atoms with Crippen LogP contribution in [0.1, 0.15) is 33.6 Å². The predicted octanol–water partition coefficient (Wildman–Crippen LogP) is 3.85. The van der Waals surface area contributed by atoms with Crippen molar-refractivity contribution in [3.63, 3.8) is 0 Å². The van der Waals surface area contributed by atoms with Gasteiger partial charge in [0.05, 0.1) is 5.92 Å². The summed E-state index contributed by atoms with van der Waals surface area (Å²) in [6, 6.07) is 9.33. The van der Waals surface area contributed by atoms with Crippen LogP contribution in [-0.4, -0.2) is 39.8 Å². The van der Waals surface area contributed by atoms with Crippen LogP contribution in [0.4, 0.5) is 5.69 Å². The van der Waals surface area contributed by atoms with Crippen LogP contribution in [0.15, 0.2) is 52.8 Å². The Bertz CT molecular complexity index is 836. The van der Waals surface area contributed by atoms with E-state index in [1.54, 1.807) is 18.5 Å². The van der Waals surface area contributed by atoms with Crippen molar-refractivity contribution in [2.45, 2.75) is 43.7 Å². The van der Waals surface area contributed by atoms with Crippen LogP contribution < -0.4 is 5.32 Å². The van der Waals surface area contributed by atoms with Gasteiger partial charge in [0.2, 0.25) is 11.8 Å². The summed E-state index contributed by atoms with van der Waals surface area (Å²) in [7, 11) is 0. The zero-order chi connectivity index (χ0) is 20.1. The number of hydrogen-bond donors (Lipinski definition) is 1. The molecule has 0 aromatic carbocycles. The molecule has 2 aromatic heterocycles. The summed E-state index contributed by atoms with van der Waals surface area (Å²) in [5, 5.41) is 4.60. The summed E-state index contributed by atoms with van der Waals surface area (Å²) in [5.41, 5.74) is 0.277. The summed E-state index contributed by atoms with van der Waals surface area (Å²) < 4.78 is 0. The molecule has 2 amide bonds. The molecule has 1 aliphatic rings. The topological polar surface area (TPSA) is 75.2 Å². The van der Waals surface area contributed by atoms with Crippen molar-refractivity contribution in [2.24, 2.45) is 11.3 Å². The number of carbonyl (C=O) groups excluding carboxylic acids is 2. The number of aromatic nitrogens is 2. The van der Waals surface area contributed by atoms with Crippen LogP contribution in [0.25, 0.3) is 0 Å². The molecule has 1 fully saturated rings. The standard InChI is InChI=1S/C21H26N4O2S/c1-21(2,3)20(27)25-12-6-7-15(14-25)19(26)24-16-9-11-23-18(13-16)28-17-8-4-5-10-22-17/h4-5,8-11,13,15H,6-7,12,14H2,1-3H3,(H,23,24,26). The second-order valence-corrected chi connectivity index (χ2v) is 9.02. The third-order valence-electron chi connectivity index (χ3n) is 4.57. The lowest BCUT2D eigenvalue weighted by Gasteiger charge is -2.35. The summed E-state index contributed by atoms with van der Waals surface area (Å²) >= 11 is 1.45. The third-order valence-corrected chi connectivity index (χ3v) is 5.45. The summed E-state index contributed by atoms with van der Waals surface area (Å²) in [5.74, 6) is -0.144. The fourth-order valence-electron chi connectivity index (χ4n) is 3.15. The second-order valence-electron chi connectivity index (χ2n) is 7.98. The van der Waals surface area contributed by atoms with E-state index >= 15 is 0 Å². The van der Waals surface area contributed by atoms with E-state index in [1.165, 1.54) is 11.8 Å². The van der Waals surface area contributed by atoms with Crippen LogP contribution in [0.2, 0.25) is 0 Å². The van der Waals surface area contributed by atoms with Crippen molar-refractivity contribution in [3.8, 4) is 0 Å². The van der Waals surface area contributed by atoms with Crippen LogP contribution in [0, 0.1) is 11.3 Å². The van der Waals surface area contributed by atoms with Gasteiger partial charge in [0, 0.05) is 36.6 Å². The van der Waals surface area contributed by atoms with Crippen LogP contribution in [-0.2, 0) is 9.59 Å². The van der Waals surface area contributed by atoms with Crippen molar-refractivity contribution >= 4 is 29.3 Å². The first-order chi connectivity index (χ1) is 13.3. The molecule has 28 heavy (non-hydrogen) atoms. The highest BCUT2D eigenvalue weighted by atomic mass is 32.2. The Balaban J connectivity index is 1.63. The highest BCUT2D eigenvalue weighted by Crippen LogP contribution is 2.27. The van der Waals surface area contributed by atoms with E-state index in [1.807, 2.05) is 49.9 Å². The third kappa shape index (κ3) is 5.32. The van der Waals surface area contributed by atoms with Gasteiger partial charge in [-0.2, -0.15) is 0 Å². The highest BCUT2D eigenvalue weighted by Gasteiger charge is 2.33. The molecule has 0 radical (unpaired) electrons. The Hall–Kier alpha value is -2.41. The van der Waals surface area contributed by atoms with Gasteiger partial charge in [-0.1, -0.05) is 38.6 Å². The lowest BCUT2D eigenvalue weighted by molar-refractivity contribution is -0.142. The van der Waals surface area contributed by atoms with E-state index in [4.69, 9.17) is 0 Å². The van der Waals surface area contributed by atoms with Gasteiger partial charge in [-0.3, -0.25) is 9.59 Å². The maximum absolute atomic E-state index is 12.8. The molecule has 0 aliphatic carbocycles. The first kappa shape index (κ1) is 20.3. The smallest absolute Gasteiger partial charge is 0.229 e. The Morgan fingerprint density at radius 1 is 1.14 bits per heavy atom. The lowest BCUT2D eigenvalue weighted by atomic mass is 9.91. The molecule has 0 saturated carbocycles. The van der Waals surface area contributed by atoms with Crippen LogP contribution >= 0.6 is 11.8 Å². The minimum absolute atomic E-state index is 0.0496. The lowest BCUT2D eigenvalue weighted by Crippen LogP contribution is -2.47. The van der Waals surface area contributed by atoms with E-state index in [9.17, 15) is 9.59 Å². The minimum Gasteiger partial charge on any atom is -0.341 e. The molecular weight excluding hydrogens is 372 g/mol. The average molecular weight is 399 g/mol. The van der Waals surface area contributed by atoms with Gasteiger partial charge in [0.1, 0.15) is 10.1 Å². The predicted molar refractivity (Wildman–Crippen MR) is 110 cm³/mol. The van der Waals surface area contributed by atoms with E-state index in [-0.39, 0.29) is 17.7 Å². The molecule has 2 aromatic rings. The van der Waals surface area contributed by atoms with Gasteiger partial charge in [0.25, 0.3) is 0 Å². The monoisotopic (exact) mass is 398 g/mol. The number of likely N-dealkylation sites (tertiary alicyclic amines) is 1. The Kier molecular flexibility index (Phi) is 6.34. The number of nitrogens with zero attached hydrogens (tertiary/aromatic N) is 3. The number of pyridine rings is 2. The van der Waals surface area contributed by atoms with E-state index < -0.39 is 5.41 Å². The number of carbonyl (C=O) groups is 2. The minimum atomic E-state index is -0.430. The first-order valence-corrected chi connectivity index (χ1v) is 10.3. The molecule has 3 rings (SSSR count). The summed E-state index contributed by atoms with van der Waals surface area (Å²) in [4.78, 5) is 35.7. The molecule has 7 heteroatoms. The van der Waals surface area contributed by atoms with Gasteiger partial charge in [-0.25, -0.2) is 9.97 Å². The molecular formula is C21H26N4O2S. The SMILES string of the molecule is CC(C)(C)C(=O)N1CCCC(C(=O)Nc2ccnc(Sc3ccccn3)c2)C1. The van der Waals surface area contributed by atoms with Gasteiger partial charge < -0.3 is 10.2 Å². The summed E-state index contributed by atoms with van der Waals surface area (Å²) in [6.45, 7) is 6.94. The summed E-state index contributed by atoms with van der Waals surface area (Å²) in [6.07, 6.45) is 5.05. The fourth-order valence-corrected chi connectivity index (χ4v) is 3.93. The van der Waals surface area contributed by atoms with E-state index in [0.717, 1.165) is 29.4 Å². The molecule has 6 nitrogen and oxygen atoms in total. The normalized spacial score (nSPS) is 17.2. The van der Waals surface area contributed by atoms with E-state index in [2.05, 4.69) is 15.3 Å². The molecule has 0 spiro atoms. The largest absolute Gasteiger partial charge is 0.341 e. The number of amides is 2. The molecule has 1 saturated heterocycles. The Morgan fingerprint density at radius 3 is 2.64 bits per heavy atom. The second kappa shape index (κ2) is 8.73. The number of hydrogen-bond acceptors (Lipinski definition) is 5. The molecule has 1 unspecified atom stereocenters. The maximum atomic E-state index is 12.8. The Morgan fingerprint density at radius 2 is 1.93 bits per heavy atom. The number of nitrogens with one attached hydrogen (secondary N) is 1. The van der Waals surface area contributed by atoms with Gasteiger partial charge in [-0.05, 0) is 37.1 Å². The average Bonchev–Trinajstić information content (AvgIpc) is 2.68. The molecule has 1 N–H and O–H groups in total. The number of piperidine rings is 1. The van der Waals surface area contributed by atoms with Gasteiger partial charge >= 0.3 is 0 Å². The van der Waals surface area contributed by atoms with Crippen molar-refractivity contribution in [1.82, 2.24) is 14.9 Å². The van der Waals surface area contributed by atoms with Crippen LogP contribution in [0.3, 0.4) is 0 Å². The Labute approximate surface area is 170 Å². The number of rotatable bonds is 4. The molecule has 0 bridgehead atoms. The quantitative estimate of drug-likeness (QED) is 0.847. The molecule has 1 atom stereocenters. The van der Waals surface area contributed by atoms with Crippen LogP contribution in [0.5, 0.6) is 0 Å². The van der Waals surface area contributed by atoms with Gasteiger partial charge in [-0.15, -0.1) is 0 Å². The zero-order valence-electron chi connectivity index (χ0n) is 16.5. The van der Waals surface area contributed by atoms with E-state index in [0.29, 0.717) is 12.2 Å². The zero-order valence-corrected chi connectivity index (χ0v) is 17.3. The number of anilines is 1. The van der Waals surface area contributed by atoms with Crippen molar-refractivity contribution in [2.75, 3.05) is 18.4 Å². The first-order valence-electron chi connectivity index (χ1n) is 9.48. The maximum Gasteiger partial charge on any atom is 0.229 e. The van der Waals surface area contributed by atoms with Crippen molar-refractivity contribution < 1.29 is 9.59 Å². The molecule has 3 heterocycles. The fraction of sp³-hybridized carbons (Fsp3) is 0.429. The van der Waals surface area contributed by atoms with Crippen molar-refractivity contribution in [3.05, 3.63) is 42.7 Å². The molecule has 1 aliphatic heterocycles.